The van der Waals surface area contributed by atoms with Gasteiger partial charge in [0, 0.05) is 0 Å². The molecule has 0 aromatic heterocycles. The Kier molecular flexibility index (Phi) is 3.19. The summed E-state index contributed by atoms with van der Waals surface area (Å²) in [5.41, 5.74) is 3.37. The SMILES string of the molecule is CC[C@]12CC[C@@H]3c4cc[c]cc4C[C@@H](C)[C@H]3[C@@H]1CC[C@@H]2O. The monoisotopic (exact) mass is 283 g/mol. The average molecular weight is 283 g/mol. The van der Waals surface area contributed by atoms with Crippen LogP contribution in [0.4, 0.5) is 0 Å². The predicted octanol–water partition coefficient (Wildman–Crippen LogP) is 4.34. The zero-order valence-electron chi connectivity index (χ0n) is 13.3. The van der Waals surface area contributed by atoms with Gasteiger partial charge in [-0.15, -0.1) is 0 Å². The molecule has 1 heteroatoms. The van der Waals surface area contributed by atoms with Gasteiger partial charge in [-0.2, -0.15) is 0 Å². The lowest BCUT2D eigenvalue weighted by molar-refractivity contribution is -0.0513. The number of aliphatic hydroxyl groups excluding tert-OH is 1. The lowest BCUT2D eigenvalue weighted by Crippen LogP contribution is -2.47. The topological polar surface area (TPSA) is 20.2 Å². The minimum absolute atomic E-state index is 0.0499. The number of fused-ring (bicyclic) bond motifs is 5. The van der Waals surface area contributed by atoms with Gasteiger partial charge in [-0.1, -0.05) is 32.0 Å². The number of aliphatic hydroxyl groups is 1. The summed E-state index contributed by atoms with van der Waals surface area (Å²) in [5.74, 6) is 3.00. The minimum Gasteiger partial charge on any atom is -0.393 e. The van der Waals surface area contributed by atoms with Gasteiger partial charge in [-0.05, 0) is 84.8 Å². The fraction of sp³-hybridized carbons (Fsp3) is 0.700. The van der Waals surface area contributed by atoms with Gasteiger partial charge >= 0.3 is 0 Å². The molecule has 1 N–H and O–H groups in total. The summed E-state index contributed by atoms with van der Waals surface area (Å²) in [6, 6.07) is 9.90. The van der Waals surface area contributed by atoms with Crippen LogP contribution in [0.1, 0.15) is 63.0 Å². The number of rotatable bonds is 1. The molecule has 0 saturated heterocycles. The van der Waals surface area contributed by atoms with E-state index in [1.54, 1.807) is 5.56 Å². The molecule has 0 bridgehead atoms. The molecule has 21 heavy (non-hydrogen) atoms. The van der Waals surface area contributed by atoms with Crippen molar-refractivity contribution in [3.05, 3.63) is 35.4 Å². The Labute approximate surface area is 128 Å². The number of hydrogen-bond acceptors (Lipinski definition) is 1. The van der Waals surface area contributed by atoms with Gasteiger partial charge in [-0.25, -0.2) is 0 Å². The molecular weight excluding hydrogens is 256 g/mol. The van der Waals surface area contributed by atoms with E-state index in [0.717, 1.165) is 36.5 Å². The summed E-state index contributed by atoms with van der Waals surface area (Å²) in [6.45, 7) is 4.75. The molecule has 0 heterocycles. The molecule has 1 radical (unpaired) electrons. The molecule has 1 aromatic rings. The van der Waals surface area contributed by atoms with E-state index in [9.17, 15) is 5.11 Å². The Morgan fingerprint density at radius 1 is 1.33 bits per heavy atom. The molecule has 4 rings (SSSR count). The van der Waals surface area contributed by atoms with E-state index in [1.165, 1.54) is 31.2 Å². The van der Waals surface area contributed by atoms with Crippen molar-refractivity contribution in [2.24, 2.45) is 23.2 Å². The van der Waals surface area contributed by atoms with Crippen molar-refractivity contribution in [3.8, 4) is 0 Å². The second-order valence-electron chi connectivity index (χ2n) is 7.82. The van der Waals surface area contributed by atoms with Gasteiger partial charge in [0.2, 0.25) is 0 Å². The Morgan fingerprint density at radius 3 is 3.00 bits per heavy atom. The highest BCUT2D eigenvalue weighted by Crippen LogP contribution is 2.63. The van der Waals surface area contributed by atoms with Gasteiger partial charge in [0.05, 0.1) is 6.10 Å². The fourth-order valence-corrected chi connectivity index (χ4v) is 6.31. The molecule has 3 aliphatic rings. The lowest BCUT2D eigenvalue weighted by Gasteiger charge is -2.53. The van der Waals surface area contributed by atoms with Crippen LogP contribution < -0.4 is 0 Å². The maximum absolute atomic E-state index is 10.6. The van der Waals surface area contributed by atoms with Crippen LogP contribution in [0.5, 0.6) is 0 Å². The minimum atomic E-state index is -0.0499. The Hall–Kier alpha value is -0.820. The summed E-state index contributed by atoms with van der Waals surface area (Å²) < 4.78 is 0. The average Bonchev–Trinajstić information content (AvgIpc) is 2.85. The first kappa shape index (κ1) is 13.8. The van der Waals surface area contributed by atoms with Crippen molar-refractivity contribution >= 4 is 0 Å². The van der Waals surface area contributed by atoms with Crippen LogP contribution in [0.25, 0.3) is 0 Å². The van der Waals surface area contributed by atoms with Gasteiger partial charge in [0.25, 0.3) is 0 Å². The van der Waals surface area contributed by atoms with Crippen molar-refractivity contribution in [3.63, 3.8) is 0 Å². The molecular formula is C20H27O. The Morgan fingerprint density at radius 2 is 2.19 bits per heavy atom. The van der Waals surface area contributed by atoms with Crippen molar-refractivity contribution in [2.45, 2.75) is 64.4 Å². The predicted molar refractivity (Wildman–Crippen MR) is 85.1 cm³/mol. The molecule has 0 aliphatic heterocycles. The van der Waals surface area contributed by atoms with E-state index in [1.807, 2.05) is 0 Å². The van der Waals surface area contributed by atoms with Crippen LogP contribution in [0.15, 0.2) is 18.2 Å². The first-order valence-corrected chi connectivity index (χ1v) is 8.84. The van der Waals surface area contributed by atoms with E-state index >= 15 is 0 Å². The Balaban J connectivity index is 1.76. The van der Waals surface area contributed by atoms with Gasteiger partial charge < -0.3 is 5.11 Å². The van der Waals surface area contributed by atoms with E-state index in [-0.39, 0.29) is 11.5 Å². The Bertz CT molecular complexity index is 536. The highest BCUT2D eigenvalue weighted by atomic mass is 16.3. The number of benzene rings is 1. The summed E-state index contributed by atoms with van der Waals surface area (Å²) in [7, 11) is 0. The second-order valence-corrected chi connectivity index (χ2v) is 7.82. The smallest absolute Gasteiger partial charge is 0.0599 e. The third-order valence-corrected chi connectivity index (χ3v) is 7.25. The fourth-order valence-electron chi connectivity index (χ4n) is 6.31. The summed E-state index contributed by atoms with van der Waals surface area (Å²) >= 11 is 0. The molecule has 2 saturated carbocycles. The third kappa shape index (κ3) is 1.79. The second kappa shape index (κ2) is 4.84. The van der Waals surface area contributed by atoms with Crippen LogP contribution in [0.2, 0.25) is 0 Å². The van der Waals surface area contributed by atoms with Gasteiger partial charge in [0.15, 0.2) is 0 Å². The van der Waals surface area contributed by atoms with Crippen LogP contribution in [0.3, 0.4) is 0 Å². The molecule has 0 unspecified atom stereocenters. The van der Waals surface area contributed by atoms with Crippen LogP contribution >= 0.6 is 0 Å². The van der Waals surface area contributed by atoms with Gasteiger partial charge in [0.1, 0.15) is 0 Å². The van der Waals surface area contributed by atoms with E-state index in [0.29, 0.717) is 0 Å². The molecule has 6 atom stereocenters. The van der Waals surface area contributed by atoms with Crippen LogP contribution in [0, 0.1) is 29.2 Å². The molecule has 113 valence electrons. The highest BCUT2D eigenvalue weighted by Gasteiger charge is 2.57. The first-order chi connectivity index (χ1) is 10.2. The lowest BCUT2D eigenvalue weighted by atomic mass is 9.51. The van der Waals surface area contributed by atoms with Crippen molar-refractivity contribution in [2.75, 3.05) is 0 Å². The third-order valence-electron chi connectivity index (χ3n) is 7.25. The van der Waals surface area contributed by atoms with Crippen LogP contribution in [-0.4, -0.2) is 11.2 Å². The highest BCUT2D eigenvalue weighted by molar-refractivity contribution is 5.35. The van der Waals surface area contributed by atoms with E-state index < -0.39 is 0 Å². The maximum atomic E-state index is 10.6. The quantitative estimate of drug-likeness (QED) is 0.813. The molecule has 0 spiro atoms. The molecule has 1 nitrogen and oxygen atoms in total. The largest absolute Gasteiger partial charge is 0.393 e. The van der Waals surface area contributed by atoms with Crippen molar-refractivity contribution in [1.82, 2.24) is 0 Å². The normalized spacial score (nSPS) is 44.8. The first-order valence-electron chi connectivity index (χ1n) is 8.84. The number of hydrogen-bond donors (Lipinski definition) is 1. The molecule has 0 amide bonds. The van der Waals surface area contributed by atoms with E-state index in [4.69, 9.17) is 0 Å². The summed E-state index contributed by atoms with van der Waals surface area (Å²) in [5, 5.41) is 10.6. The van der Waals surface area contributed by atoms with Crippen molar-refractivity contribution in [1.29, 1.82) is 0 Å². The molecule has 2 fully saturated rings. The standard InChI is InChI=1S/C20H27O/c1-3-20-11-10-16-15-7-5-4-6-14(15)12-13(2)19(16)17(20)8-9-18(20)21/h5-7,13,16-19,21H,3,8-12H2,1-2H3/t13-,16-,17+,18+,19-,20+/m1/s1. The zero-order chi connectivity index (χ0) is 14.6. The molecule has 1 aromatic carbocycles. The molecule has 3 aliphatic carbocycles. The van der Waals surface area contributed by atoms with Crippen molar-refractivity contribution < 1.29 is 5.11 Å². The van der Waals surface area contributed by atoms with Gasteiger partial charge in [-0.3, -0.25) is 0 Å². The van der Waals surface area contributed by atoms with Crippen LogP contribution in [-0.2, 0) is 6.42 Å². The summed E-state index contributed by atoms with van der Waals surface area (Å²) in [6.07, 6.45) is 7.09. The zero-order valence-corrected chi connectivity index (χ0v) is 13.3. The maximum Gasteiger partial charge on any atom is 0.0599 e. The summed E-state index contributed by atoms with van der Waals surface area (Å²) in [4.78, 5) is 0. The van der Waals surface area contributed by atoms with E-state index in [2.05, 4.69) is 38.1 Å².